The maximum atomic E-state index is 13.9. The molecule has 224 valence electrons. The number of carbonyl (C=O) groups is 2. The molecule has 5 rings (SSSR count). The Bertz CT molecular complexity index is 1570. The van der Waals surface area contributed by atoms with Crippen LogP contribution < -0.4 is 9.47 Å². The average Bonchev–Trinajstić information content (AvgIpc) is 3.08. The number of allylic oxidation sites excluding steroid dienone is 3. The van der Waals surface area contributed by atoms with Crippen molar-refractivity contribution in [3.05, 3.63) is 138 Å². The number of hydrogen-bond donors (Lipinski definition) is 0. The molecule has 6 heteroatoms. The standard InChI is InChI=1S/C38H36O6/c1-26(28-14-18-34(41-3)19-15-28)43-36(39)38(37(40)44-27(2)29-16-20-35(42-4)21-17-29)24-22-33(23-25-38)32-12-10-31(11-13-32)30-8-6-5-7-9-30/h5-24,26-27H,25H2,1-4H3/t26-,27-/m0/s1. The van der Waals surface area contributed by atoms with Crippen LogP contribution in [0.15, 0.2) is 121 Å². The zero-order valence-corrected chi connectivity index (χ0v) is 25.4. The van der Waals surface area contributed by atoms with Gasteiger partial charge < -0.3 is 18.9 Å². The molecule has 4 aromatic rings. The SMILES string of the molecule is COc1ccc([C@H](C)OC(=O)C2(C(=O)O[C@@H](C)c3ccc(OC)cc3)C=CC(c3ccc(-c4ccccc4)cc3)=CC2)cc1. The van der Waals surface area contributed by atoms with Crippen molar-refractivity contribution in [1.82, 2.24) is 0 Å². The van der Waals surface area contributed by atoms with E-state index in [1.807, 2.05) is 60.7 Å². The quantitative estimate of drug-likeness (QED) is 0.137. The first-order valence-corrected chi connectivity index (χ1v) is 14.6. The van der Waals surface area contributed by atoms with Gasteiger partial charge in [-0.25, -0.2) is 0 Å². The van der Waals surface area contributed by atoms with Crippen molar-refractivity contribution in [2.45, 2.75) is 32.5 Å². The van der Waals surface area contributed by atoms with Crippen LogP contribution in [0.25, 0.3) is 16.7 Å². The van der Waals surface area contributed by atoms with E-state index in [0.717, 1.165) is 33.4 Å². The third kappa shape index (κ3) is 6.60. The fourth-order valence-electron chi connectivity index (χ4n) is 5.14. The van der Waals surface area contributed by atoms with E-state index in [0.29, 0.717) is 11.5 Å². The van der Waals surface area contributed by atoms with Gasteiger partial charge in [0.15, 0.2) is 5.41 Å². The van der Waals surface area contributed by atoms with Crippen LogP contribution in [0.5, 0.6) is 11.5 Å². The molecular formula is C38H36O6. The van der Waals surface area contributed by atoms with Crippen LogP contribution in [0, 0.1) is 5.41 Å². The highest BCUT2D eigenvalue weighted by Gasteiger charge is 2.48. The van der Waals surface area contributed by atoms with Crippen LogP contribution in [-0.4, -0.2) is 26.2 Å². The Morgan fingerprint density at radius 2 is 1.07 bits per heavy atom. The van der Waals surface area contributed by atoms with Gasteiger partial charge in [-0.15, -0.1) is 0 Å². The topological polar surface area (TPSA) is 71.1 Å². The average molecular weight is 589 g/mol. The largest absolute Gasteiger partial charge is 0.497 e. The molecule has 1 aliphatic carbocycles. The Hall–Kier alpha value is -5.10. The van der Waals surface area contributed by atoms with Crippen molar-refractivity contribution in [3.8, 4) is 22.6 Å². The van der Waals surface area contributed by atoms with Gasteiger partial charge in [0.25, 0.3) is 0 Å². The van der Waals surface area contributed by atoms with Crippen LogP contribution in [0.1, 0.15) is 49.2 Å². The lowest BCUT2D eigenvalue weighted by molar-refractivity contribution is -0.174. The summed E-state index contributed by atoms with van der Waals surface area (Å²) in [5, 5.41) is 0. The van der Waals surface area contributed by atoms with E-state index >= 15 is 0 Å². The highest BCUT2D eigenvalue weighted by Crippen LogP contribution is 2.39. The monoisotopic (exact) mass is 588 g/mol. The first-order chi connectivity index (χ1) is 21.3. The summed E-state index contributed by atoms with van der Waals surface area (Å²) in [6, 6.07) is 32.9. The van der Waals surface area contributed by atoms with Crippen LogP contribution in [0.3, 0.4) is 0 Å². The predicted octanol–water partition coefficient (Wildman–Crippen LogP) is 8.31. The number of methoxy groups -OCH3 is 2. The summed E-state index contributed by atoms with van der Waals surface area (Å²) in [4.78, 5) is 27.7. The Labute approximate surface area is 258 Å². The maximum Gasteiger partial charge on any atom is 0.328 e. The third-order valence-electron chi connectivity index (χ3n) is 7.98. The van der Waals surface area contributed by atoms with E-state index in [2.05, 4.69) is 24.3 Å². The zero-order valence-electron chi connectivity index (χ0n) is 25.4. The van der Waals surface area contributed by atoms with E-state index in [4.69, 9.17) is 18.9 Å². The second-order valence-electron chi connectivity index (χ2n) is 10.8. The lowest BCUT2D eigenvalue weighted by Crippen LogP contribution is -2.41. The number of esters is 2. The molecular weight excluding hydrogens is 552 g/mol. The molecule has 0 fully saturated rings. The lowest BCUT2D eigenvalue weighted by atomic mass is 9.78. The van der Waals surface area contributed by atoms with Gasteiger partial charge >= 0.3 is 11.9 Å². The molecule has 0 N–H and O–H groups in total. The molecule has 44 heavy (non-hydrogen) atoms. The predicted molar refractivity (Wildman–Crippen MR) is 171 cm³/mol. The van der Waals surface area contributed by atoms with E-state index in [-0.39, 0.29) is 6.42 Å². The Morgan fingerprint density at radius 3 is 1.50 bits per heavy atom. The molecule has 0 spiro atoms. The molecule has 0 saturated carbocycles. The van der Waals surface area contributed by atoms with Gasteiger partial charge in [-0.3, -0.25) is 9.59 Å². The van der Waals surface area contributed by atoms with Crippen molar-refractivity contribution in [1.29, 1.82) is 0 Å². The second kappa shape index (κ2) is 13.5. The molecule has 6 nitrogen and oxygen atoms in total. The Balaban J connectivity index is 1.38. The first-order valence-electron chi connectivity index (χ1n) is 14.6. The van der Waals surface area contributed by atoms with Crippen molar-refractivity contribution in [2.24, 2.45) is 5.41 Å². The van der Waals surface area contributed by atoms with Crippen molar-refractivity contribution in [3.63, 3.8) is 0 Å². The van der Waals surface area contributed by atoms with E-state index < -0.39 is 29.6 Å². The molecule has 0 bridgehead atoms. The third-order valence-corrected chi connectivity index (χ3v) is 7.98. The van der Waals surface area contributed by atoms with Gasteiger partial charge in [0.2, 0.25) is 0 Å². The fourth-order valence-corrected chi connectivity index (χ4v) is 5.14. The number of benzene rings is 4. The molecule has 0 amide bonds. The molecule has 2 atom stereocenters. The molecule has 0 unspecified atom stereocenters. The number of carbonyl (C=O) groups excluding carboxylic acids is 2. The van der Waals surface area contributed by atoms with Crippen molar-refractivity contribution < 1.29 is 28.5 Å². The molecule has 1 aliphatic rings. The van der Waals surface area contributed by atoms with Crippen molar-refractivity contribution in [2.75, 3.05) is 14.2 Å². The first kappa shape index (κ1) is 30.4. The highest BCUT2D eigenvalue weighted by molar-refractivity contribution is 6.04. The number of rotatable bonds is 10. The fraction of sp³-hybridized carbons (Fsp3) is 0.211. The minimum atomic E-state index is -1.64. The summed E-state index contributed by atoms with van der Waals surface area (Å²) in [5.74, 6) is 0.0616. The van der Waals surface area contributed by atoms with Crippen molar-refractivity contribution >= 4 is 17.5 Å². The highest BCUT2D eigenvalue weighted by atomic mass is 16.6. The van der Waals surface area contributed by atoms with Gasteiger partial charge in [-0.05, 0) is 77.9 Å². The molecule has 0 saturated heterocycles. The van der Waals surface area contributed by atoms with E-state index in [9.17, 15) is 9.59 Å². The van der Waals surface area contributed by atoms with Gasteiger partial charge in [0.1, 0.15) is 23.7 Å². The molecule has 0 radical (unpaired) electrons. The minimum absolute atomic E-state index is 0.0988. The smallest absolute Gasteiger partial charge is 0.328 e. The number of hydrogen-bond acceptors (Lipinski definition) is 6. The van der Waals surface area contributed by atoms with Gasteiger partial charge in [-0.1, -0.05) is 97.1 Å². The minimum Gasteiger partial charge on any atom is -0.497 e. The summed E-state index contributed by atoms with van der Waals surface area (Å²) in [5.41, 5.74) is 4.05. The van der Waals surface area contributed by atoms with Gasteiger partial charge in [-0.2, -0.15) is 0 Å². The molecule has 4 aromatic carbocycles. The summed E-state index contributed by atoms with van der Waals surface area (Å²) in [7, 11) is 3.19. The normalized spacial score (nSPS) is 15.0. The van der Waals surface area contributed by atoms with Crippen LogP contribution in [-0.2, 0) is 19.1 Å². The molecule has 0 aromatic heterocycles. The maximum absolute atomic E-state index is 13.9. The molecule has 0 heterocycles. The lowest BCUT2D eigenvalue weighted by Gasteiger charge is -2.31. The van der Waals surface area contributed by atoms with Crippen LogP contribution in [0.2, 0.25) is 0 Å². The second-order valence-corrected chi connectivity index (χ2v) is 10.8. The summed E-state index contributed by atoms with van der Waals surface area (Å²) in [6.07, 6.45) is 4.24. The summed E-state index contributed by atoms with van der Waals surface area (Å²) in [6.45, 7) is 3.56. The van der Waals surface area contributed by atoms with Gasteiger partial charge in [0, 0.05) is 0 Å². The Kier molecular flexibility index (Phi) is 9.29. The van der Waals surface area contributed by atoms with E-state index in [1.54, 1.807) is 64.5 Å². The van der Waals surface area contributed by atoms with E-state index in [1.165, 1.54) is 0 Å². The zero-order chi connectivity index (χ0) is 31.1. The Morgan fingerprint density at radius 1 is 0.614 bits per heavy atom. The number of ether oxygens (including phenoxy) is 4. The summed E-state index contributed by atoms with van der Waals surface area (Å²) >= 11 is 0. The van der Waals surface area contributed by atoms with Crippen LogP contribution >= 0.6 is 0 Å². The summed E-state index contributed by atoms with van der Waals surface area (Å²) < 4.78 is 22.3. The molecule has 0 aliphatic heterocycles. The van der Waals surface area contributed by atoms with Gasteiger partial charge in [0.05, 0.1) is 14.2 Å². The van der Waals surface area contributed by atoms with Crippen LogP contribution in [0.4, 0.5) is 0 Å².